The van der Waals surface area contributed by atoms with Crippen LogP contribution < -0.4 is 15.4 Å². The molecule has 4 rings (SSSR count). The van der Waals surface area contributed by atoms with Gasteiger partial charge in [-0.15, -0.1) is 0 Å². The van der Waals surface area contributed by atoms with Crippen molar-refractivity contribution in [1.29, 1.82) is 0 Å². The molecule has 1 aliphatic heterocycles. The summed E-state index contributed by atoms with van der Waals surface area (Å²) in [5.41, 5.74) is 0.865. The quantitative estimate of drug-likeness (QED) is 0.629. The van der Waals surface area contributed by atoms with Gasteiger partial charge in [-0.05, 0) is 47.9 Å². The van der Waals surface area contributed by atoms with Gasteiger partial charge >= 0.3 is 0 Å². The van der Waals surface area contributed by atoms with Crippen LogP contribution in [0, 0.1) is 0 Å². The van der Waals surface area contributed by atoms with Crippen molar-refractivity contribution >= 4 is 28.3 Å². The molecule has 1 saturated heterocycles. The van der Waals surface area contributed by atoms with Crippen molar-refractivity contribution in [3.63, 3.8) is 0 Å². The first kappa shape index (κ1) is 19.9. The molecule has 1 aliphatic rings. The number of fused-ring (bicyclic) bond motifs is 1. The van der Waals surface area contributed by atoms with E-state index in [2.05, 4.69) is 10.6 Å². The zero-order valence-electron chi connectivity index (χ0n) is 16.6. The van der Waals surface area contributed by atoms with Gasteiger partial charge in [0.1, 0.15) is 5.75 Å². The lowest BCUT2D eigenvalue weighted by Gasteiger charge is -2.14. The van der Waals surface area contributed by atoms with Crippen LogP contribution in [-0.2, 0) is 9.53 Å². The summed E-state index contributed by atoms with van der Waals surface area (Å²) in [5.74, 6) is 0.0471. The van der Waals surface area contributed by atoms with E-state index in [1.54, 1.807) is 24.3 Å². The Labute approximate surface area is 175 Å². The van der Waals surface area contributed by atoms with Gasteiger partial charge in [-0.25, -0.2) is 0 Å². The van der Waals surface area contributed by atoms with Gasteiger partial charge in [-0.1, -0.05) is 42.5 Å². The highest BCUT2D eigenvalue weighted by Gasteiger charge is 2.18. The van der Waals surface area contributed by atoms with Crippen molar-refractivity contribution in [2.45, 2.75) is 18.9 Å². The third kappa shape index (κ3) is 4.96. The highest BCUT2D eigenvalue weighted by molar-refractivity contribution is 6.04. The predicted octanol–water partition coefficient (Wildman–Crippen LogP) is 3.77. The summed E-state index contributed by atoms with van der Waals surface area (Å²) in [6.45, 7) is 1.06. The van der Waals surface area contributed by atoms with E-state index >= 15 is 0 Å². The lowest BCUT2D eigenvalue weighted by molar-refractivity contribution is -0.118. The summed E-state index contributed by atoms with van der Waals surface area (Å²) in [4.78, 5) is 25.0. The van der Waals surface area contributed by atoms with E-state index in [1.807, 2.05) is 42.5 Å². The number of hydrogen-bond donors (Lipinski definition) is 2. The number of amides is 2. The second-order valence-corrected chi connectivity index (χ2v) is 7.24. The summed E-state index contributed by atoms with van der Waals surface area (Å²) in [7, 11) is 0. The average molecular weight is 404 g/mol. The van der Waals surface area contributed by atoms with Gasteiger partial charge in [0.25, 0.3) is 11.8 Å². The first-order valence-corrected chi connectivity index (χ1v) is 10.1. The van der Waals surface area contributed by atoms with Gasteiger partial charge in [0.05, 0.1) is 17.4 Å². The van der Waals surface area contributed by atoms with Crippen LogP contribution in [0.3, 0.4) is 0 Å². The third-order valence-corrected chi connectivity index (χ3v) is 5.05. The Morgan fingerprint density at radius 2 is 1.80 bits per heavy atom. The van der Waals surface area contributed by atoms with Crippen LogP contribution in [0.1, 0.15) is 23.2 Å². The molecule has 0 spiro atoms. The van der Waals surface area contributed by atoms with Gasteiger partial charge in [0, 0.05) is 13.2 Å². The van der Waals surface area contributed by atoms with Crippen LogP contribution in [-0.4, -0.2) is 37.7 Å². The maximum absolute atomic E-state index is 12.6. The summed E-state index contributed by atoms with van der Waals surface area (Å²) >= 11 is 0. The molecule has 6 heteroatoms. The minimum Gasteiger partial charge on any atom is -0.484 e. The second kappa shape index (κ2) is 9.41. The monoisotopic (exact) mass is 404 g/mol. The van der Waals surface area contributed by atoms with Gasteiger partial charge in [0.2, 0.25) is 0 Å². The standard InChI is InChI=1S/C24H24N2O4/c27-23(16-30-19-12-11-17-6-1-2-7-18(17)14-19)26-22-10-4-3-9-21(22)24(28)25-15-20-8-5-13-29-20/h1-4,6-7,9-12,14,20H,5,8,13,15-16H2,(H,25,28)(H,26,27)/t20-/m0/s1. The van der Waals surface area contributed by atoms with E-state index in [-0.39, 0.29) is 24.5 Å². The number of carbonyl (C=O) groups excluding carboxylic acids is 2. The topological polar surface area (TPSA) is 76.7 Å². The largest absolute Gasteiger partial charge is 0.484 e. The molecule has 0 saturated carbocycles. The molecule has 0 aromatic heterocycles. The summed E-state index contributed by atoms with van der Waals surface area (Å²) in [6, 6.07) is 20.6. The van der Waals surface area contributed by atoms with E-state index < -0.39 is 0 Å². The van der Waals surface area contributed by atoms with E-state index in [4.69, 9.17) is 9.47 Å². The minimum absolute atomic E-state index is 0.0612. The summed E-state index contributed by atoms with van der Waals surface area (Å²) < 4.78 is 11.2. The van der Waals surface area contributed by atoms with Crippen LogP contribution in [0.25, 0.3) is 10.8 Å². The normalized spacial score (nSPS) is 15.7. The number of hydrogen-bond acceptors (Lipinski definition) is 4. The van der Waals surface area contributed by atoms with E-state index in [0.717, 1.165) is 30.2 Å². The Kier molecular flexibility index (Phi) is 6.25. The highest BCUT2D eigenvalue weighted by Crippen LogP contribution is 2.21. The first-order valence-electron chi connectivity index (χ1n) is 10.1. The summed E-state index contributed by atoms with van der Waals surface area (Å²) in [5, 5.41) is 7.81. The van der Waals surface area contributed by atoms with Crippen molar-refractivity contribution in [2.75, 3.05) is 25.1 Å². The lowest BCUT2D eigenvalue weighted by atomic mass is 10.1. The molecule has 1 heterocycles. The van der Waals surface area contributed by atoms with Crippen molar-refractivity contribution < 1.29 is 19.1 Å². The maximum atomic E-state index is 12.6. The molecule has 1 atom stereocenters. The molecule has 154 valence electrons. The Morgan fingerprint density at radius 3 is 2.63 bits per heavy atom. The fourth-order valence-corrected chi connectivity index (χ4v) is 3.49. The van der Waals surface area contributed by atoms with Gasteiger partial charge in [0.15, 0.2) is 6.61 Å². The van der Waals surface area contributed by atoms with Crippen LogP contribution in [0.4, 0.5) is 5.69 Å². The van der Waals surface area contributed by atoms with Crippen molar-refractivity contribution in [1.82, 2.24) is 5.32 Å². The van der Waals surface area contributed by atoms with E-state index in [0.29, 0.717) is 23.5 Å². The number of carbonyl (C=O) groups is 2. The molecule has 2 amide bonds. The highest BCUT2D eigenvalue weighted by atomic mass is 16.5. The average Bonchev–Trinajstić information content (AvgIpc) is 3.30. The molecular weight excluding hydrogens is 380 g/mol. The first-order chi connectivity index (χ1) is 14.7. The predicted molar refractivity (Wildman–Crippen MR) is 116 cm³/mol. The number of benzene rings is 3. The Balaban J connectivity index is 1.34. The number of ether oxygens (including phenoxy) is 2. The number of anilines is 1. The van der Waals surface area contributed by atoms with Crippen molar-refractivity contribution in [3.05, 3.63) is 72.3 Å². The van der Waals surface area contributed by atoms with Gasteiger partial charge in [-0.2, -0.15) is 0 Å². The van der Waals surface area contributed by atoms with Crippen molar-refractivity contribution in [3.8, 4) is 5.75 Å². The molecule has 1 fully saturated rings. The molecule has 30 heavy (non-hydrogen) atoms. The smallest absolute Gasteiger partial charge is 0.262 e. The molecule has 3 aromatic rings. The molecule has 0 aliphatic carbocycles. The maximum Gasteiger partial charge on any atom is 0.262 e. The Bertz CT molecular complexity index is 1040. The molecule has 2 N–H and O–H groups in total. The zero-order valence-corrected chi connectivity index (χ0v) is 16.6. The molecular formula is C24H24N2O4. The van der Waals surface area contributed by atoms with Crippen LogP contribution in [0.15, 0.2) is 66.7 Å². The lowest BCUT2D eigenvalue weighted by Crippen LogP contribution is -2.32. The fraction of sp³-hybridized carbons (Fsp3) is 0.250. The number of rotatable bonds is 7. The van der Waals surface area contributed by atoms with Crippen LogP contribution in [0.5, 0.6) is 5.75 Å². The molecule has 0 bridgehead atoms. The van der Waals surface area contributed by atoms with Crippen LogP contribution >= 0.6 is 0 Å². The SMILES string of the molecule is O=C(COc1ccc2ccccc2c1)Nc1ccccc1C(=O)NC[C@@H]1CCCO1. The van der Waals surface area contributed by atoms with Gasteiger partial charge < -0.3 is 20.1 Å². The fourth-order valence-electron chi connectivity index (χ4n) is 3.49. The molecule has 6 nitrogen and oxygen atoms in total. The van der Waals surface area contributed by atoms with Gasteiger partial charge in [-0.3, -0.25) is 9.59 Å². The van der Waals surface area contributed by atoms with E-state index in [9.17, 15) is 9.59 Å². The van der Waals surface area contributed by atoms with E-state index in [1.165, 1.54) is 0 Å². The summed E-state index contributed by atoms with van der Waals surface area (Å²) in [6.07, 6.45) is 2.03. The minimum atomic E-state index is -0.331. The Hall–Kier alpha value is -3.38. The zero-order chi connectivity index (χ0) is 20.8. The number of para-hydroxylation sites is 1. The second-order valence-electron chi connectivity index (χ2n) is 7.24. The Morgan fingerprint density at radius 1 is 1.00 bits per heavy atom. The third-order valence-electron chi connectivity index (χ3n) is 5.05. The molecule has 3 aromatic carbocycles. The van der Waals surface area contributed by atoms with Crippen LogP contribution in [0.2, 0.25) is 0 Å². The molecule has 0 radical (unpaired) electrons. The molecule has 0 unspecified atom stereocenters. The number of nitrogens with one attached hydrogen (secondary N) is 2. The van der Waals surface area contributed by atoms with Crippen molar-refractivity contribution in [2.24, 2.45) is 0 Å².